The van der Waals surface area contributed by atoms with E-state index >= 15 is 0 Å². The van der Waals surface area contributed by atoms with Crippen LogP contribution in [0.25, 0.3) is 0 Å². The molecular formula is C11H16O. The minimum Gasteiger partial charge on any atom is -0.392 e. The molecule has 0 radical (unpaired) electrons. The Kier molecular flexibility index (Phi) is 7.30. The van der Waals surface area contributed by atoms with Crippen LogP contribution in [-0.4, -0.2) is 11.7 Å². The average Bonchev–Trinajstić information content (AvgIpc) is 2.19. The van der Waals surface area contributed by atoms with Crippen LogP contribution in [0.2, 0.25) is 0 Å². The van der Waals surface area contributed by atoms with Crippen LogP contribution < -0.4 is 0 Å². The van der Waals surface area contributed by atoms with E-state index in [-0.39, 0.29) is 6.61 Å². The Balaban J connectivity index is 0.000000261. The van der Waals surface area contributed by atoms with Gasteiger partial charge in [0.05, 0.1) is 6.61 Å². The maximum Gasteiger partial charge on any atom is 0.0609 e. The van der Waals surface area contributed by atoms with Crippen molar-refractivity contribution in [2.75, 3.05) is 6.61 Å². The molecule has 0 unspecified atom stereocenters. The lowest BCUT2D eigenvalue weighted by Crippen LogP contribution is -1.73. The Morgan fingerprint density at radius 2 is 1.83 bits per heavy atom. The van der Waals surface area contributed by atoms with E-state index in [0.717, 1.165) is 6.42 Å². The third kappa shape index (κ3) is 5.69. The highest BCUT2D eigenvalue weighted by molar-refractivity contribution is 5.13. The monoisotopic (exact) mass is 164 g/mol. The first-order chi connectivity index (χ1) is 5.85. The van der Waals surface area contributed by atoms with E-state index in [1.54, 1.807) is 0 Å². The number of benzene rings is 1. The zero-order valence-electron chi connectivity index (χ0n) is 7.53. The molecule has 1 rings (SSSR count). The van der Waals surface area contributed by atoms with Gasteiger partial charge in [-0.15, -0.1) is 6.58 Å². The molecule has 1 heteroatoms. The van der Waals surface area contributed by atoms with E-state index in [4.69, 9.17) is 5.11 Å². The summed E-state index contributed by atoms with van der Waals surface area (Å²) in [6.45, 7) is 5.47. The van der Waals surface area contributed by atoms with Gasteiger partial charge >= 0.3 is 0 Å². The van der Waals surface area contributed by atoms with E-state index < -0.39 is 0 Å². The van der Waals surface area contributed by atoms with E-state index in [1.807, 2.05) is 6.07 Å². The number of aryl methyl sites for hydroxylation is 1. The summed E-state index contributed by atoms with van der Waals surface area (Å²) in [5.41, 5.74) is 1.41. The predicted octanol–water partition coefficient (Wildman–Crippen LogP) is 2.41. The molecule has 66 valence electrons. The predicted molar refractivity (Wildman–Crippen MR) is 53.1 cm³/mol. The Labute approximate surface area is 74.4 Å². The molecule has 12 heavy (non-hydrogen) atoms. The summed E-state index contributed by atoms with van der Waals surface area (Å²) in [5.74, 6) is 0. The fraction of sp³-hybridized carbons (Fsp3) is 0.273. The third-order valence-electron chi connectivity index (χ3n) is 1.38. The van der Waals surface area contributed by atoms with Gasteiger partial charge in [0.1, 0.15) is 0 Å². The van der Waals surface area contributed by atoms with Crippen molar-refractivity contribution in [2.45, 2.75) is 13.3 Å². The highest BCUT2D eigenvalue weighted by atomic mass is 16.2. The van der Waals surface area contributed by atoms with E-state index in [0.29, 0.717) is 0 Å². The Bertz CT molecular complexity index is 191. The van der Waals surface area contributed by atoms with Gasteiger partial charge < -0.3 is 5.11 Å². The van der Waals surface area contributed by atoms with Crippen molar-refractivity contribution in [1.82, 2.24) is 0 Å². The van der Waals surface area contributed by atoms with Crippen molar-refractivity contribution in [3.8, 4) is 0 Å². The number of aliphatic hydroxyl groups excluding tert-OH is 1. The largest absolute Gasteiger partial charge is 0.392 e. The average molecular weight is 164 g/mol. The SMILES string of the molecule is C=CCO.CCc1ccccc1. The van der Waals surface area contributed by atoms with Crippen LogP contribution in [0.15, 0.2) is 43.0 Å². The van der Waals surface area contributed by atoms with Crippen LogP contribution >= 0.6 is 0 Å². The lowest BCUT2D eigenvalue weighted by atomic mass is 10.2. The molecule has 0 atom stereocenters. The summed E-state index contributed by atoms with van der Waals surface area (Å²) in [5, 5.41) is 7.76. The molecule has 0 heterocycles. The summed E-state index contributed by atoms with van der Waals surface area (Å²) < 4.78 is 0. The molecule has 0 spiro atoms. The van der Waals surface area contributed by atoms with Gasteiger partial charge in [0.15, 0.2) is 0 Å². The van der Waals surface area contributed by atoms with Gasteiger partial charge in [0.25, 0.3) is 0 Å². The third-order valence-corrected chi connectivity index (χ3v) is 1.38. The smallest absolute Gasteiger partial charge is 0.0609 e. The zero-order chi connectivity index (χ0) is 9.23. The fourth-order valence-electron chi connectivity index (χ4n) is 0.714. The van der Waals surface area contributed by atoms with Crippen LogP contribution in [0.1, 0.15) is 12.5 Å². The van der Waals surface area contributed by atoms with Gasteiger partial charge in [-0.3, -0.25) is 0 Å². The van der Waals surface area contributed by atoms with Gasteiger partial charge in [-0.25, -0.2) is 0 Å². The molecule has 0 bridgehead atoms. The van der Waals surface area contributed by atoms with Crippen molar-refractivity contribution in [1.29, 1.82) is 0 Å². The maximum atomic E-state index is 7.76. The van der Waals surface area contributed by atoms with Crippen molar-refractivity contribution in [3.05, 3.63) is 48.6 Å². The normalized spacial score (nSPS) is 8.17. The summed E-state index contributed by atoms with van der Waals surface area (Å²) in [6.07, 6.45) is 2.57. The molecule has 0 aliphatic rings. The number of rotatable bonds is 2. The second-order valence-corrected chi connectivity index (χ2v) is 2.31. The quantitative estimate of drug-likeness (QED) is 0.665. The van der Waals surface area contributed by atoms with Crippen LogP contribution in [0.5, 0.6) is 0 Å². The Hall–Kier alpha value is -1.08. The van der Waals surface area contributed by atoms with Gasteiger partial charge in [-0.2, -0.15) is 0 Å². The molecule has 0 amide bonds. The van der Waals surface area contributed by atoms with E-state index in [9.17, 15) is 0 Å². The fourth-order valence-corrected chi connectivity index (χ4v) is 0.714. The summed E-state index contributed by atoms with van der Waals surface area (Å²) in [6, 6.07) is 10.5. The molecule has 1 aromatic carbocycles. The lowest BCUT2D eigenvalue weighted by molar-refractivity contribution is 0.343. The molecule has 0 aliphatic heterocycles. The van der Waals surface area contributed by atoms with E-state index in [1.165, 1.54) is 11.6 Å². The van der Waals surface area contributed by atoms with Crippen molar-refractivity contribution in [3.63, 3.8) is 0 Å². The minimum atomic E-state index is 0.0833. The summed E-state index contributed by atoms with van der Waals surface area (Å²) >= 11 is 0. The standard InChI is InChI=1S/C8H10.C3H6O/c1-2-8-6-4-3-5-7-8;1-2-3-4/h3-7H,2H2,1H3;2,4H,1,3H2. The van der Waals surface area contributed by atoms with Crippen molar-refractivity contribution < 1.29 is 5.11 Å². The minimum absolute atomic E-state index is 0.0833. The maximum absolute atomic E-state index is 7.76. The zero-order valence-corrected chi connectivity index (χ0v) is 7.53. The van der Waals surface area contributed by atoms with Gasteiger partial charge in [0.2, 0.25) is 0 Å². The van der Waals surface area contributed by atoms with Gasteiger partial charge in [-0.05, 0) is 12.0 Å². The van der Waals surface area contributed by atoms with Crippen LogP contribution in [0.3, 0.4) is 0 Å². The summed E-state index contributed by atoms with van der Waals surface area (Å²) in [7, 11) is 0. The molecular weight excluding hydrogens is 148 g/mol. The highest BCUT2D eigenvalue weighted by Gasteiger charge is 1.79. The molecule has 0 saturated carbocycles. The molecule has 0 aromatic heterocycles. The van der Waals surface area contributed by atoms with Crippen molar-refractivity contribution >= 4 is 0 Å². The molecule has 0 aliphatic carbocycles. The number of hydrogen-bond acceptors (Lipinski definition) is 1. The molecule has 0 saturated heterocycles. The van der Waals surface area contributed by atoms with Crippen LogP contribution in [0, 0.1) is 0 Å². The lowest BCUT2D eigenvalue weighted by Gasteiger charge is -1.89. The first-order valence-corrected chi connectivity index (χ1v) is 4.10. The second kappa shape index (κ2) is 8.02. The van der Waals surface area contributed by atoms with E-state index in [2.05, 4.69) is 37.8 Å². The van der Waals surface area contributed by atoms with Crippen LogP contribution in [-0.2, 0) is 6.42 Å². The topological polar surface area (TPSA) is 20.2 Å². The first kappa shape index (κ1) is 10.9. The van der Waals surface area contributed by atoms with Crippen LogP contribution in [0.4, 0.5) is 0 Å². The Morgan fingerprint density at radius 1 is 1.33 bits per heavy atom. The van der Waals surface area contributed by atoms with Crippen molar-refractivity contribution in [2.24, 2.45) is 0 Å². The Morgan fingerprint density at radius 3 is 2.08 bits per heavy atom. The highest BCUT2D eigenvalue weighted by Crippen LogP contribution is 1.96. The molecule has 1 N–H and O–H groups in total. The molecule has 0 fully saturated rings. The van der Waals surface area contributed by atoms with Gasteiger partial charge in [-0.1, -0.05) is 43.3 Å². The molecule has 1 aromatic rings. The number of hydrogen-bond donors (Lipinski definition) is 1. The summed E-state index contributed by atoms with van der Waals surface area (Å²) in [4.78, 5) is 0. The molecule has 1 nitrogen and oxygen atoms in total. The number of aliphatic hydroxyl groups is 1. The van der Waals surface area contributed by atoms with Gasteiger partial charge in [0, 0.05) is 0 Å². The second-order valence-electron chi connectivity index (χ2n) is 2.31. The first-order valence-electron chi connectivity index (χ1n) is 4.10.